The van der Waals surface area contributed by atoms with Crippen LogP contribution in [0.5, 0.6) is 5.75 Å². The van der Waals surface area contributed by atoms with Crippen molar-refractivity contribution < 1.29 is 23.5 Å². The lowest BCUT2D eigenvalue weighted by molar-refractivity contribution is -0.114. The highest BCUT2D eigenvalue weighted by Crippen LogP contribution is 2.31. The summed E-state index contributed by atoms with van der Waals surface area (Å²) < 4.78 is 16.1. The van der Waals surface area contributed by atoms with Gasteiger partial charge in [-0.2, -0.15) is 0 Å². The predicted molar refractivity (Wildman–Crippen MR) is 97.2 cm³/mol. The summed E-state index contributed by atoms with van der Waals surface area (Å²) in [6, 6.07) is 7.44. The molecular weight excluding hydrogens is 332 g/mol. The van der Waals surface area contributed by atoms with Gasteiger partial charge in [0.2, 0.25) is 0 Å². The predicted octanol–water partition coefficient (Wildman–Crippen LogP) is 4.26. The summed E-state index contributed by atoms with van der Waals surface area (Å²) >= 11 is 0. The molecular formula is C21H22O5. The van der Waals surface area contributed by atoms with Crippen LogP contribution in [0.4, 0.5) is 0 Å². The smallest absolute Gasteiger partial charge is 0.341 e. The molecule has 1 aliphatic carbocycles. The van der Waals surface area contributed by atoms with E-state index in [-0.39, 0.29) is 12.4 Å². The zero-order chi connectivity index (χ0) is 18.7. The molecule has 0 radical (unpaired) electrons. The molecule has 0 unspecified atom stereocenters. The second kappa shape index (κ2) is 7.60. The van der Waals surface area contributed by atoms with E-state index in [2.05, 4.69) is 6.92 Å². The van der Waals surface area contributed by atoms with Crippen molar-refractivity contribution in [2.75, 3.05) is 7.11 Å². The number of carbonyl (C=O) groups is 2. The van der Waals surface area contributed by atoms with Crippen LogP contribution in [-0.4, -0.2) is 18.9 Å². The molecule has 26 heavy (non-hydrogen) atoms. The fraction of sp³-hybridized carbons (Fsp3) is 0.333. The van der Waals surface area contributed by atoms with E-state index in [1.165, 1.54) is 7.11 Å². The zero-order valence-corrected chi connectivity index (χ0v) is 15.3. The van der Waals surface area contributed by atoms with Crippen LogP contribution < -0.4 is 4.74 Å². The van der Waals surface area contributed by atoms with Gasteiger partial charge in [0.15, 0.2) is 5.78 Å². The number of fused-ring (bicyclic) bond motifs is 1. The summed E-state index contributed by atoms with van der Waals surface area (Å²) in [7, 11) is 1.33. The Kier molecular flexibility index (Phi) is 5.26. The van der Waals surface area contributed by atoms with Gasteiger partial charge in [-0.15, -0.1) is 0 Å². The molecule has 3 rings (SSSR count). The quantitative estimate of drug-likeness (QED) is 0.725. The Morgan fingerprint density at radius 2 is 2.08 bits per heavy atom. The van der Waals surface area contributed by atoms with Gasteiger partial charge in [-0.3, -0.25) is 4.79 Å². The Bertz CT molecular complexity index is 873. The maximum absolute atomic E-state index is 12.0. The van der Waals surface area contributed by atoms with Crippen LogP contribution in [-0.2, 0) is 22.6 Å². The van der Waals surface area contributed by atoms with E-state index in [4.69, 9.17) is 13.9 Å². The van der Waals surface area contributed by atoms with Gasteiger partial charge in [0, 0.05) is 6.42 Å². The number of ketones is 1. The third-order valence-corrected chi connectivity index (χ3v) is 4.40. The van der Waals surface area contributed by atoms with E-state index in [0.717, 1.165) is 29.5 Å². The highest BCUT2D eigenvalue weighted by molar-refractivity contribution is 6.02. The zero-order valence-electron chi connectivity index (χ0n) is 15.3. The second-order valence-corrected chi connectivity index (χ2v) is 6.34. The molecule has 0 spiro atoms. The number of furan rings is 1. The molecule has 1 aromatic heterocycles. The number of carbonyl (C=O) groups excluding carboxylic acids is 2. The summed E-state index contributed by atoms with van der Waals surface area (Å²) in [5.74, 6) is 1.41. The summed E-state index contributed by atoms with van der Waals surface area (Å²) in [6.45, 7) is 4.01. The molecule has 0 fully saturated rings. The van der Waals surface area contributed by atoms with Crippen molar-refractivity contribution in [1.82, 2.24) is 0 Å². The first-order valence-corrected chi connectivity index (χ1v) is 8.69. The topological polar surface area (TPSA) is 65.7 Å². The molecule has 0 saturated carbocycles. The summed E-state index contributed by atoms with van der Waals surface area (Å²) in [5.41, 5.74) is 3.61. The number of benzene rings is 1. The molecule has 0 aliphatic heterocycles. The number of hydrogen-bond acceptors (Lipinski definition) is 5. The van der Waals surface area contributed by atoms with Crippen molar-refractivity contribution in [1.29, 1.82) is 0 Å². The summed E-state index contributed by atoms with van der Waals surface area (Å²) in [6.07, 6.45) is 4.04. The Hall–Kier alpha value is -2.82. The van der Waals surface area contributed by atoms with Crippen LogP contribution >= 0.6 is 0 Å². The number of ether oxygens (including phenoxy) is 2. The van der Waals surface area contributed by atoms with Crippen LogP contribution in [0.25, 0.3) is 5.57 Å². The number of aryl methyl sites for hydroxylation is 1. The number of methoxy groups -OCH3 is 1. The molecule has 0 amide bonds. The van der Waals surface area contributed by atoms with Crippen molar-refractivity contribution in [2.45, 2.75) is 39.7 Å². The van der Waals surface area contributed by atoms with E-state index < -0.39 is 5.97 Å². The standard InChI is InChI=1S/C21H22O5/c1-4-5-14-8-16(22)9-15-10-17(6-7-19(14)15)25-12-18-11-20(13(2)26-18)21(23)24-3/h6-8,10-11H,4-5,9,12H2,1-3H3. The fourth-order valence-corrected chi connectivity index (χ4v) is 3.19. The van der Waals surface area contributed by atoms with Gasteiger partial charge >= 0.3 is 5.97 Å². The Balaban J connectivity index is 1.74. The van der Waals surface area contributed by atoms with Gasteiger partial charge in [0.1, 0.15) is 29.4 Å². The molecule has 1 aromatic carbocycles. The molecule has 5 heteroatoms. The van der Waals surface area contributed by atoms with Crippen molar-refractivity contribution in [3.05, 3.63) is 58.6 Å². The first-order valence-electron chi connectivity index (χ1n) is 8.69. The monoisotopic (exact) mass is 354 g/mol. The van der Waals surface area contributed by atoms with E-state index in [0.29, 0.717) is 29.3 Å². The van der Waals surface area contributed by atoms with E-state index in [1.807, 2.05) is 18.2 Å². The highest BCUT2D eigenvalue weighted by Gasteiger charge is 2.18. The number of allylic oxidation sites excluding steroid dienone is 2. The van der Waals surface area contributed by atoms with Gasteiger partial charge in [0.25, 0.3) is 0 Å². The fourth-order valence-electron chi connectivity index (χ4n) is 3.19. The van der Waals surface area contributed by atoms with Crippen LogP contribution in [0.15, 0.2) is 34.8 Å². The first-order chi connectivity index (χ1) is 12.5. The maximum Gasteiger partial charge on any atom is 0.341 e. The minimum atomic E-state index is -0.431. The lowest BCUT2D eigenvalue weighted by atomic mass is 9.88. The SMILES string of the molecule is CCCC1=CC(=O)Cc2cc(OCc3cc(C(=O)OC)c(C)o3)ccc21. The van der Waals surface area contributed by atoms with Gasteiger partial charge in [-0.05, 0) is 54.3 Å². The van der Waals surface area contributed by atoms with Gasteiger partial charge < -0.3 is 13.9 Å². The number of hydrogen-bond donors (Lipinski definition) is 0. The van der Waals surface area contributed by atoms with Gasteiger partial charge in [-0.25, -0.2) is 4.79 Å². The average molecular weight is 354 g/mol. The lowest BCUT2D eigenvalue weighted by Crippen LogP contribution is -2.09. The van der Waals surface area contributed by atoms with E-state index in [9.17, 15) is 9.59 Å². The van der Waals surface area contributed by atoms with Crippen LogP contribution in [0.2, 0.25) is 0 Å². The number of rotatable bonds is 6. The Morgan fingerprint density at radius 3 is 2.81 bits per heavy atom. The lowest BCUT2D eigenvalue weighted by Gasteiger charge is -2.18. The van der Waals surface area contributed by atoms with Crippen molar-refractivity contribution in [2.24, 2.45) is 0 Å². The molecule has 136 valence electrons. The molecule has 1 heterocycles. The third-order valence-electron chi connectivity index (χ3n) is 4.40. The normalized spacial score (nSPS) is 13.2. The van der Waals surface area contributed by atoms with Crippen molar-refractivity contribution in [3.63, 3.8) is 0 Å². The van der Waals surface area contributed by atoms with Crippen LogP contribution in [0, 0.1) is 6.92 Å². The third kappa shape index (κ3) is 3.72. The molecule has 0 bridgehead atoms. The second-order valence-electron chi connectivity index (χ2n) is 6.34. The van der Waals surface area contributed by atoms with Crippen molar-refractivity contribution in [3.8, 4) is 5.75 Å². The average Bonchev–Trinajstić information content (AvgIpc) is 3.00. The van der Waals surface area contributed by atoms with E-state index in [1.54, 1.807) is 19.1 Å². The molecule has 0 N–H and O–H groups in total. The largest absolute Gasteiger partial charge is 0.486 e. The maximum atomic E-state index is 12.0. The summed E-state index contributed by atoms with van der Waals surface area (Å²) in [5, 5.41) is 0. The van der Waals surface area contributed by atoms with Crippen LogP contribution in [0.3, 0.4) is 0 Å². The number of esters is 1. The minimum absolute atomic E-state index is 0.127. The Morgan fingerprint density at radius 1 is 1.27 bits per heavy atom. The van der Waals surface area contributed by atoms with E-state index >= 15 is 0 Å². The molecule has 0 atom stereocenters. The highest BCUT2D eigenvalue weighted by atomic mass is 16.5. The molecule has 1 aliphatic rings. The minimum Gasteiger partial charge on any atom is -0.486 e. The Labute approximate surface area is 152 Å². The van der Waals surface area contributed by atoms with Crippen molar-refractivity contribution >= 4 is 17.3 Å². The first kappa shape index (κ1) is 18.0. The summed E-state index contributed by atoms with van der Waals surface area (Å²) in [4.78, 5) is 23.6. The van der Waals surface area contributed by atoms with Gasteiger partial charge in [0.05, 0.1) is 7.11 Å². The molecule has 0 saturated heterocycles. The van der Waals surface area contributed by atoms with Gasteiger partial charge in [-0.1, -0.05) is 19.4 Å². The van der Waals surface area contributed by atoms with Crippen LogP contribution in [0.1, 0.15) is 52.8 Å². The molecule has 2 aromatic rings. The molecule has 5 nitrogen and oxygen atoms in total.